The van der Waals surface area contributed by atoms with Gasteiger partial charge in [-0.15, -0.1) is 0 Å². The molecule has 0 aliphatic carbocycles. The van der Waals surface area contributed by atoms with Crippen LogP contribution in [0.2, 0.25) is 0 Å². The number of carbonyl (C=O) groups is 1. The van der Waals surface area contributed by atoms with Crippen molar-refractivity contribution < 1.29 is 17.6 Å². The first-order chi connectivity index (χ1) is 12.1. The summed E-state index contributed by atoms with van der Waals surface area (Å²) < 4.78 is 31.2. The fourth-order valence-electron chi connectivity index (χ4n) is 2.45. The van der Waals surface area contributed by atoms with E-state index in [-0.39, 0.29) is 23.4 Å². The average Bonchev–Trinajstić information content (AvgIpc) is 3.10. The van der Waals surface area contributed by atoms with Crippen LogP contribution in [-0.2, 0) is 14.8 Å². The van der Waals surface area contributed by atoms with E-state index >= 15 is 0 Å². The molecule has 1 heterocycles. The van der Waals surface area contributed by atoms with Crippen LogP contribution < -0.4 is 10.6 Å². The Labute approximate surface area is 154 Å². The maximum Gasteiger partial charge on any atom is 0.242 e. The van der Waals surface area contributed by atoms with Gasteiger partial charge >= 0.3 is 0 Å². The third-order valence-corrected chi connectivity index (χ3v) is 6.00. The van der Waals surface area contributed by atoms with Gasteiger partial charge in [-0.3, -0.25) is 4.79 Å². The number of anilines is 1. The highest BCUT2D eigenvalue weighted by Crippen LogP contribution is 2.25. The van der Waals surface area contributed by atoms with E-state index in [0.29, 0.717) is 11.4 Å². The molecule has 8 heteroatoms. The normalized spacial score (nSPS) is 12.8. The lowest BCUT2D eigenvalue weighted by Crippen LogP contribution is -2.32. The minimum Gasteiger partial charge on any atom is -0.467 e. The molecule has 1 atom stereocenters. The molecule has 0 aliphatic rings. The summed E-state index contributed by atoms with van der Waals surface area (Å²) in [5, 5.41) is 5.86. The number of amides is 1. The molecule has 1 aromatic carbocycles. The molecular formula is C18H25N3O4S. The van der Waals surface area contributed by atoms with Gasteiger partial charge in [0.05, 0.1) is 23.7 Å². The zero-order valence-corrected chi connectivity index (χ0v) is 16.5. The summed E-state index contributed by atoms with van der Waals surface area (Å²) >= 11 is 0. The van der Waals surface area contributed by atoms with Gasteiger partial charge in [0.15, 0.2) is 0 Å². The standard InChI is InChI=1S/C18H25N3O4S/c1-12-9-15(26(23,24)21(4)5)10-16(13(12)2)19-11-18(22)20-14(3)17-7-6-8-25-17/h6-10,14,19H,11H2,1-5H3,(H,20,22). The number of nitrogens with zero attached hydrogens (tertiary/aromatic N) is 1. The number of aryl methyl sites for hydroxylation is 1. The Bertz CT molecular complexity index is 874. The van der Waals surface area contributed by atoms with E-state index in [4.69, 9.17) is 4.42 Å². The Morgan fingerprint density at radius 3 is 2.54 bits per heavy atom. The Morgan fingerprint density at radius 2 is 1.96 bits per heavy atom. The zero-order valence-electron chi connectivity index (χ0n) is 15.7. The minimum absolute atomic E-state index is 0.0246. The number of hydrogen-bond donors (Lipinski definition) is 2. The van der Waals surface area contributed by atoms with Gasteiger partial charge in [-0.2, -0.15) is 0 Å². The van der Waals surface area contributed by atoms with Crippen LogP contribution in [0.4, 0.5) is 5.69 Å². The average molecular weight is 379 g/mol. The van der Waals surface area contributed by atoms with Crippen LogP contribution in [0, 0.1) is 13.8 Å². The van der Waals surface area contributed by atoms with Gasteiger partial charge in [-0.05, 0) is 56.2 Å². The fourth-order valence-corrected chi connectivity index (χ4v) is 3.46. The largest absolute Gasteiger partial charge is 0.467 e. The molecule has 0 saturated heterocycles. The number of furan rings is 1. The summed E-state index contributed by atoms with van der Waals surface area (Å²) in [6.07, 6.45) is 1.55. The lowest BCUT2D eigenvalue weighted by molar-refractivity contribution is -0.120. The van der Waals surface area contributed by atoms with Gasteiger partial charge in [0.1, 0.15) is 5.76 Å². The highest BCUT2D eigenvalue weighted by atomic mass is 32.2. The van der Waals surface area contributed by atoms with Gasteiger partial charge in [0.2, 0.25) is 15.9 Å². The highest BCUT2D eigenvalue weighted by Gasteiger charge is 2.20. The van der Waals surface area contributed by atoms with Crippen molar-refractivity contribution in [2.75, 3.05) is 26.0 Å². The molecule has 1 unspecified atom stereocenters. The summed E-state index contributed by atoms with van der Waals surface area (Å²) in [4.78, 5) is 12.4. The first-order valence-electron chi connectivity index (χ1n) is 8.23. The van der Waals surface area contributed by atoms with Crippen molar-refractivity contribution in [3.05, 3.63) is 47.4 Å². The molecule has 0 saturated carbocycles. The number of carbonyl (C=O) groups excluding carboxylic acids is 1. The Balaban J connectivity index is 2.11. The lowest BCUT2D eigenvalue weighted by atomic mass is 10.1. The van der Waals surface area contributed by atoms with Crippen LogP contribution in [0.1, 0.15) is 29.9 Å². The van der Waals surface area contributed by atoms with Crippen molar-refractivity contribution in [3.63, 3.8) is 0 Å². The monoisotopic (exact) mass is 379 g/mol. The molecular weight excluding hydrogens is 354 g/mol. The van der Waals surface area contributed by atoms with Crippen LogP contribution >= 0.6 is 0 Å². The van der Waals surface area contributed by atoms with Gasteiger partial charge < -0.3 is 15.1 Å². The molecule has 2 rings (SSSR count). The van der Waals surface area contributed by atoms with Crippen LogP contribution in [0.5, 0.6) is 0 Å². The smallest absolute Gasteiger partial charge is 0.242 e. The molecule has 1 aromatic heterocycles. The first-order valence-corrected chi connectivity index (χ1v) is 9.67. The number of benzene rings is 1. The van der Waals surface area contributed by atoms with E-state index < -0.39 is 10.0 Å². The van der Waals surface area contributed by atoms with Crippen molar-refractivity contribution in [2.24, 2.45) is 0 Å². The molecule has 0 fully saturated rings. The van der Waals surface area contributed by atoms with Gasteiger partial charge in [-0.25, -0.2) is 12.7 Å². The van der Waals surface area contributed by atoms with Crippen molar-refractivity contribution in [2.45, 2.75) is 31.7 Å². The molecule has 0 radical (unpaired) electrons. The van der Waals surface area contributed by atoms with E-state index in [1.54, 1.807) is 30.5 Å². The van der Waals surface area contributed by atoms with Crippen molar-refractivity contribution in [1.29, 1.82) is 0 Å². The maximum absolute atomic E-state index is 12.4. The van der Waals surface area contributed by atoms with Gasteiger partial charge in [0.25, 0.3) is 0 Å². The summed E-state index contributed by atoms with van der Waals surface area (Å²) in [5.74, 6) is 0.455. The quantitative estimate of drug-likeness (QED) is 0.771. The lowest BCUT2D eigenvalue weighted by Gasteiger charge is -2.17. The Morgan fingerprint density at radius 1 is 1.27 bits per heavy atom. The van der Waals surface area contributed by atoms with Crippen molar-refractivity contribution >= 4 is 21.6 Å². The third-order valence-electron chi connectivity index (χ3n) is 4.21. The van der Waals surface area contributed by atoms with E-state index in [0.717, 1.165) is 11.1 Å². The number of rotatable bonds is 7. The Kier molecular flexibility index (Phi) is 6.09. The zero-order chi connectivity index (χ0) is 19.5. The first kappa shape index (κ1) is 20.0. The number of hydrogen-bond acceptors (Lipinski definition) is 5. The number of nitrogens with one attached hydrogen (secondary N) is 2. The fraction of sp³-hybridized carbons (Fsp3) is 0.389. The molecule has 0 bridgehead atoms. The second-order valence-corrected chi connectivity index (χ2v) is 8.51. The molecule has 1 amide bonds. The van der Waals surface area contributed by atoms with Gasteiger partial charge in [0, 0.05) is 19.8 Å². The van der Waals surface area contributed by atoms with E-state index in [9.17, 15) is 13.2 Å². The molecule has 142 valence electrons. The summed E-state index contributed by atoms with van der Waals surface area (Å²) in [5.41, 5.74) is 2.35. The predicted molar refractivity (Wildman–Crippen MR) is 101 cm³/mol. The van der Waals surface area contributed by atoms with Crippen LogP contribution in [0.15, 0.2) is 39.8 Å². The van der Waals surface area contributed by atoms with E-state index in [1.165, 1.54) is 18.4 Å². The molecule has 2 aromatic rings. The summed E-state index contributed by atoms with van der Waals surface area (Å²) in [7, 11) is -0.571. The molecule has 2 N–H and O–H groups in total. The van der Waals surface area contributed by atoms with Crippen molar-refractivity contribution in [1.82, 2.24) is 9.62 Å². The van der Waals surface area contributed by atoms with Crippen LogP contribution in [0.25, 0.3) is 0 Å². The van der Waals surface area contributed by atoms with Crippen molar-refractivity contribution in [3.8, 4) is 0 Å². The predicted octanol–water partition coefficient (Wildman–Crippen LogP) is 2.44. The number of sulfonamides is 1. The second-order valence-electron chi connectivity index (χ2n) is 6.36. The van der Waals surface area contributed by atoms with Gasteiger partial charge in [-0.1, -0.05) is 0 Å². The topological polar surface area (TPSA) is 91.7 Å². The second kappa shape index (κ2) is 7.92. The molecule has 0 spiro atoms. The Hall–Kier alpha value is -2.32. The van der Waals surface area contributed by atoms with Crippen LogP contribution in [-0.4, -0.2) is 39.3 Å². The SMILES string of the molecule is Cc1cc(S(=O)(=O)N(C)C)cc(NCC(=O)NC(C)c2ccco2)c1C. The third kappa shape index (κ3) is 4.44. The van der Waals surface area contributed by atoms with Crippen LogP contribution in [0.3, 0.4) is 0 Å². The molecule has 26 heavy (non-hydrogen) atoms. The molecule has 0 aliphatic heterocycles. The minimum atomic E-state index is -3.55. The highest BCUT2D eigenvalue weighted by molar-refractivity contribution is 7.89. The van der Waals surface area contributed by atoms with E-state index in [2.05, 4.69) is 10.6 Å². The summed E-state index contributed by atoms with van der Waals surface area (Å²) in [6, 6.07) is 6.50. The maximum atomic E-state index is 12.4. The molecule has 7 nitrogen and oxygen atoms in total. The summed E-state index contributed by atoms with van der Waals surface area (Å²) in [6.45, 7) is 5.58. The van der Waals surface area contributed by atoms with E-state index in [1.807, 2.05) is 20.8 Å².